The van der Waals surface area contributed by atoms with Crippen LogP contribution in [0.5, 0.6) is 5.88 Å². The maximum Gasteiger partial charge on any atom is 0.310 e. The lowest BCUT2D eigenvalue weighted by Crippen LogP contribution is -2.40. The standard InChI is InChI=1S/C11H17N3O2/c1-14-7-3-2-4-9(14)8-16-11-10(15)12-5-6-13-11/h5-6,9H,2-4,7-8H2,1H3,(H,12,15). The Kier molecular flexibility index (Phi) is 3.56. The smallest absolute Gasteiger partial charge is 0.310 e. The topological polar surface area (TPSA) is 58.2 Å². The van der Waals surface area contributed by atoms with Crippen molar-refractivity contribution in [3.8, 4) is 5.88 Å². The maximum atomic E-state index is 11.3. The van der Waals surface area contributed by atoms with Crippen LogP contribution in [0.1, 0.15) is 19.3 Å². The van der Waals surface area contributed by atoms with Crippen LogP contribution in [0.2, 0.25) is 0 Å². The summed E-state index contributed by atoms with van der Waals surface area (Å²) in [5.74, 6) is 0.168. The van der Waals surface area contributed by atoms with E-state index in [1.807, 2.05) is 0 Å². The molecule has 0 aromatic carbocycles. The second-order valence-electron chi connectivity index (χ2n) is 4.16. The van der Waals surface area contributed by atoms with E-state index in [-0.39, 0.29) is 11.4 Å². The zero-order valence-corrected chi connectivity index (χ0v) is 9.48. The van der Waals surface area contributed by atoms with Crippen LogP contribution in [0, 0.1) is 0 Å². The molecule has 88 valence electrons. The van der Waals surface area contributed by atoms with E-state index < -0.39 is 0 Å². The Hall–Kier alpha value is -1.36. The minimum absolute atomic E-state index is 0.168. The zero-order valence-electron chi connectivity index (χ0n) is 9.48. The molecule has 5 nitrogen and oxygen atoms in total. The van der Waals surface area contributed by atoms with Gasteiger partial charge in [0.1, 0.15) is 6.61 Å². The first kappa shape index (κ1) is 11.1. The molecule has 0 spiro atoms. The second-order valence-corrected chi connectivity index (χ2v) is 4.16. The third kappa shape index (κ3) is 2.61. The molecule has 5 heteroatoms. The summed E-state index contributed by atoms with van der Waals surface area (Å²) in [7, 11) is 2.09. The van der Waals surface area contributed by atoms with Gasteiger partial charge >= 0.3 is 5.56 Å². The van der Waals surface area contributed by atoms with Crippen molar-refractivity contribution in [3.63, 3.8) is 0 Å². The SMILES string of the molecule is CN1CCCCC1COc1ncc[nH]c1=O. The molecule has 1 aliphatic rings. The minimum Gasteiger partial charge on any atom is -0.472 e. The van der Waals surface area contributed by atoms with Gasteiger partial charge in [-0.2, -0.15) is 0 Å². The lowest BCUT2D eigenvalue weighted by Gasteiger charge is -2.31. The first-order valence-corrected chi connectivity index (χ1v) is 5.64. The number of nitrogens with one attached hydrogen (secondary N) is 1. The van der Waals surface area contributed by atoms with E-state index in [2.05, 4.69) is 21.9 Å². The molecule has 1 unspecified atom stereocenters. The lowest BCUT2D eigenvalue weighted by molar-refractivity contribution is 0.121. The highest BCUT2D eigenvalue weighted by Gasteiger charge is 2.19. The summed E-state index contributed by atoms with van der Waals surface area (Å²) in [5.41, 5.74) is -0.263. The largest absolute Gasteiger partial charge is 0.472 e. The monoisotopic (exact) mass is 223 g/mol. The zero-order chi connectivity index (χ0) is 11.4. The summed E-state index contributed by atoms with van der Waals surface area (Å²) in [6.07, 6.45) is 6.64. The predicted molar refractivity (Wildman–Crippen MR) is 60.6 cm³/mol. The van der Waals surface area contributed by atoms with Crippen molar-refractivity contribution in [3.05, 3.63) is 22.7 Å². The minimum atomic E-state index is -0.263. The molecule has 2 rings (SSSR count). The molecule has 1 fully saturated rings. The molecule has 0 amide bonds. The average molecular weight is 223 g/mol. The van der Waals surface area contributed by atoms with Crippen molar-refractivity contribution in [2.75, 3.05) is 20.2 Å². The highest BCUT2D eigenvalue weighted by molar-refractivity contribution is 5.02. The van der Waals surface area contributed by atoms with Gasteiger partial charge in [0.15, 0.2) is 0 Å². The Morgan fingerprint density at radius 2 is 2.50 bits per heavy atom. The molecular weight excluding hydrogens is 206 g/mol. The van der Waals surface area contributed by atoms with E-state index in [1.165, 1.54) is 25.2 Å². The predicted octanol–water partition coefficient (Wildman–Crippen LogP) is 0.633. The summed E-state index contributed by atoms with van der Waals surface area (Å²) in [6.45, 7) is 1.64. The quantitative estimate of drug-likeness (QED) is 0.816. The molecular formula is C11H17N3O2. The number of likely N-dealkylation sites (tertiary alicyclic amines) is 1. The molecule has 0 radical (unpaired) electrons. The molecule has 1 aliphatic heterocycles. The fourth-order valence-corrected chi connectivity index (χ4v) is 1.97. The molecule has 16 heavy (non-hydrogen) atoms. The van der Waals surface area contributed by atoms with Gasteiger partial charge in [0.2, 0.25) is 0 Å². The lowest BCUT2D eigenvalue weighted by atomic mass is 10.0. The molecule has 0 aliphatic carbocycles. The maximum absolute atomic E-state index is 11.3. The summed E-state index contributed by atoms with van der Waals surface area (Å²) in [4.78, 5) is 20.0. The van der Waals surface area contributed by atoms with Gasteiger partial charge in [0, 0.05) is 18.4 Å². The van der Waals surface area contributed by atoms with Crippen LogP contribution in [0.15, 0.2) is 17.2 Å². The van der Waals surface area contributed by atoms with Gasteiger partial charge < -0.3 is 14.6 Å². The van der Waals surface area contributed by atoms with Crippen LogP contribution in [0.4, 0.5) is 0 Å². The van der Waals surface area contributed by atoms with E-state index in [0.717, 1.165) is 13.0 Å². The number of aromatic nitrogens is 2. The summed E-state index contributed by atoms with van der Waals surface area (Å²) in [5, 5.41) is 0. The molecule has 0 saturated carbocycles. The number of hydrogen-bond donors (Lipinski definition) is 1. The van der Waals surface area contributed by atoms with E-state index in [0.29, 0.717) is 12.6 Å². The first-order valence-electron chi connectivity index (χ1n) is 5.64. The number of piperidine rings is 1. The number of H-pyrrole nitrogens is 1. The van der Waals surface area contributed by atoms with Crippen molar-refractivity contribution < 1.29 is 4.74 Å². The number of hydrogen-bond acceptors (Lipinski definition) is 4. The van der Waals surface area contributed by atoms with Crippen LogP contribution < -0.4 is 10.3 Å². The Morgan fingerprint density at radius 1 is 1.62 bits per heavy atom. The van der Waals surface area contributed by atoms with E-state index in [4.69, 9.17) is 4.74 Å². The van der Waals surface area contributed by atoms with Crippen molar-refractivity contribution in [1.29, 1.82) is 0 Å². The molecule has 1 atom stereocenters. The Balaban J connectivity index is 1.92. The fraction of sp³-hybridized carbons (Fsp3) is 0.636. The highest BCUT2D eigenvalue weighted by Crippen LogP contribution is 2.15. The summed E-state index contributed by atoms with van der Waals surface area (Å²) >= 11 is 0. The van der Waals surface area contributed by atoms with E-state index >= 15 is 0 Å². The van der Waals surface area contributed by atoms with Crippen LogP contribution in [0.3, 0.4) is 0 Å². The van der Waals surface area contributed by atoms with Gasteiger partial charge in [-0.15, -0.1) is 0 Å². The second kappa shape index (κ2) is 5.12. The van der Waals surface area contributed by atoms with Crippen LogP contribution >= 0.6 is 0 Å². The average Bonchev–Trinajstić information content (AvgIpc) is 2.30. The summed E-state index contributed by atoms with van der Waals surface area (Å²) < 4.78 is 5.45. The molecule has 1 aromatic heterocycles. The van der Waals surface area contributed by atoms with E-state index in [1.54, 1.807) is 0 Å². The van der Waals surface area contributed by atoms with Gasteiger partial charge in [0.25, 0.3) is 5.88 Å². The molecule has 1 aromatic rings. The number of ether oxygens (including phenoxy) is 1. The Bertz CT molecular complexity index is 391. The molecule has 1 saturated heterocycles. The number of aromatic amines is 1. The van der Waals surface area contributed by atoms with E-state index in [9.17, 15) is 4.79 Å². The third-order valence-corrected chi connectivity index (χ3v) is 3.01. The Labute approximate surface area is 94.5 Å². The molecule has 2 heterocycles. The van der Waals surface area contributed by atoms with Gasteiger partial charge in [-0.05, 0) is 26.4 Å². The third-order valence-electron chi connectivity index (χ3n) is 3.01. The van der Waals surface area contributed by atoms with Gasteiger partial charge in [-0.3, -0.25) is 4.79 Å². The number of likely N-dealkylation sites (N-methyl/N-ethyl adjacent to an activating group) is 1. The number of nitrogens with zero attached hydrogens (tertiary/aromatic N) is 2. The first-order chi connectivity index (χ1) is 7.77. The van der Waals surface area contributed by atoms with Crippen LogP contribution in [-0.2, 0) is 0 Å². The fourth-order valence-electron chi connectivity index (χ4n) is 1.97. The van der Waals surface area contributed by atoms with Crippen molar-refractivity contribution in [2.24, 2.45) is 0 Å². The normalized spacial score (nSPS) is 21.9. The molecule has 1 N–H and O–H groups in total. The van der Waals surface area contributed by atoms with Crippen LogP contribution in [-0.4, -0.2) is 41.1 Å². The molecule has 0 bridgehead atoms. The summed E-state index contributed by atoms with van der Waals surface area (Å²) in [6, 6.07) is 0.398. The van der Waals surface area contributed by atoms with Crippen molar-refractivity contribution >= 4 is 0 Å². The number of rotatable bonds is 3. The van der Waals surface area contributed by atoms with Crippen molar-refractivity contribution in [1.82, 2.24) is 14.9 Å². The van der Waals surface area contributed by atoms with Crippen LogP contribution in [0.25, 0.3) is 0 Å². The van der Waals surface area contributed by atoms with Crippen molar-refractivity contribution in [2.45, 2.75) is 25.3 Å². The highest BCUT2D eigenvalue weighted by atomic mass is 16.5. The van der Waals surface area contributed by atoms with Gasteiger partial charge in [0.05, 0.1) is 0 Å². The Morgan fingerprint density at radius 3 is 3.25 bits per heavy atom. The van der Waals surface area contributed by atoms with Gasteiger partial charge in [-0.25, -0.2) is 4.98 Å². The van der Waals surface area contributed by atoms with Gasteiger partial charge in [-0.1, -0.05) is 6.42 Å².